The number of ketones is 1. The maximum atomic E-state index is 12.7. The SMILES string of the molecule is CCCCCCCC/C=C/C=C(\C)C(=O)c1c(O)cc(C(C)CC/C=C/NC(=O)OC)oc1=O. The first-order valence-electron chi connectivity index (χ1n) is 12.1. The van der Waals surface area contributed by atoms with Crippen molar-refractivity contribution in [3.8, 4) is 5.75 Å². The fraction of sp³-hybridized carbons (Fsp3) is 0.519. The number of allylic oxidation sites excluding steroid dienone is 5. The Hall–Kier alpha value is -3.09. The molecule has 0 fully saturated rings. The smallest absolute Gasteiger partial charge is 0.410 e. The van der Waals surface area contributed by atoms with Crippen molar-refractivity contribution in [3.63, 3.8) is 0 Å². The Morgan fingerprint density at radius 1 is 1.15 bits per heavy atom. The fourth-order valence-corrected chi connectivity index (χ4v) is 3.33. The lowest BCUT2D eigenvalue weighted by Gasteiger charge is -2.11. The molecule has 0 radical (unpaired) electrons. The highest BCUT2D eigenvalue weighted by molar-refractivity contribution is 6.09. The van der Waals surface area contributed by atoms with Gasteiger partial charge in [-0.25, -0.2) is 9.59 Å². The fourth-order valence-electron chi connectivity index (χ4n) is 3.33. The molecule has 188 valence electrons. The van der Waals surface area contributed by atoms with Crippen LogP contribution in [0.4, 0.5) is 4.79 Å². The number of aromatic hydroxyl groups is 1. The second kappa shape index (κ2) is 16.5. The van der Waals surface area contributed by atoms with Gasteiger partial charge in [-0.1, -0.05) is 70.3 Å². The lowest BCUT2D eigenvalue weighted by atomic mass is 10.00. The molecule has 1 aromatic heterocycles. The van der Waals surface area contributed by atoms with Gasteiger partial charge in [-0.05, 0) is 38.2 Å². The highest BCUT2D eigenvalue weighted by Gasteiger charge is 2.21. The monoisotopic (exact) mass is 473 g/mol. The summed E-state index contributed by atoms with van der Waals surface area (Å²) >= 11 is 0. The number of carbonyl (C=O) groups excluding carboxylic acids is 2. The molecule has 0 aliphatic carbocycles. The van der Waals surface area contributed by atoms with Crippen LogP contribution in [-0.4, -0.2) is 24.1 Å². The van der Waals surface area contributed by atoms with Crippen LogP contribution in [0.5, 0.6) is 5.75 Å². The van der Waals surface area contributed by atoms with Crippen LogP contribution in [-0.2, 0) is 4.74 Å². The third-order valence-corrected chi connectivity index (χ3v) is 5.50. The Labute approximate surface area is 202 Å². The second-order valence-electron chi connectivity index (χ2n) is 8.38. The van der Waals surface area contributed by atoms with E-state index >= 15 is 0 Å². The number of methoxy groups -OCH3 is 1. The minimum Gasteiger partial charge on any atom is -0.507 e. The van der Waals surface area contributed by atoms with Crippen LogP contribution >= 0.6 is 0 Å². The van der Waals surface area contributed by atoms with Gasteiger partial charge in [0.1, 0.15) is 17.1 Å². The summed E-state index contributed by atoms with van der Waals surface area (Å²) < 4.78 is 9.80. The molecule has 0 saturated carbocycles. The van der Waals surface area contributed by atoms with Crippen molar-refractivity contribution in [1.29, 1.82) is 0 Å². The average molecular weight is 474 g/mol. The summed E-state index contributed by atoms with van der Waals surface area (Å²) in [6.45, 7) is 5.66. The maximum absolute atomic E-state index is 12.7. The van der Waals surface area contributed by atoms with Crippen molar-refractivity contribution >= 4 is 11.9 Å². The molecular weight excluding hydrogens is 434 g/mol. The largest absolute Gasteiger partial charge is 0.507 e. The summed E-state index contributed by atoms with van der Waals surface area (Å²) in [6.07, 6.45) is 17.7. The van der Waals surface area contributed by atoms with Crippen LogP contribution < -0.4 is 10.9 Å². The standard InChI is InChI=1S/C27H39NO6/c1-5-6-7-8-9-10-11-12-13-17-21(3)25(30)24-22(29)19-23(34-26(24)31)20(2)16-14-15-18-28-27(32)33-4/h12-13,15,17-20,29H,5-11,14,16H2,1-4H3,(H,28,32)/b13-12+,18-15+,21-17+. The van der Waals surface area contributed by atoms with Gasteiger partial charge < -0.3 is 14.3 Å². The summed E-state index contributed by atoms with van der Waals surface area (Å²) in [5.41, 5.74) is -0.847. The number of hydrogen-bond acceptors (Lipinski definition) is 6. The van der Waals surface area contributed by atoms with Gasteiger partial charge in [0, 0.05) is 18.2 Å². The Morgan fingerprint density at radius 3 is 2.53 bits per heavy atom. The minimum absolute atomic E-state index is 0.174. The summed E-state index contributed by atoms with van der Waals surface area (Å²) in [7, 11) is 1.28. The van der Waals surface area contributed by atoms with E-state index < -0.39 is 17.5 Å². The first-order chi connectivity index (χ1) is 16.3. The molecular formula is C27H39NO6. The Morgan fingerprint density at radius 2 is 1.85 bits per heavy atom. The van der Waals surface area contributed by atoms with Crippen LogP contribution in [0, 0.1) is 0 Å². The number of amides is 1. The van der Waals surface area contributed by atoms with Crippen LogP contribution in [0.15, 0.2) is 51.4 Å². The maximum Gasteiger partial charge on any atom is 0.410 e. The molecule has 0 spiro atoms. The quantitative estimate of drug-likeness (QED) is 0.130. The molecule has 1 aromatic rings. The molecule has 2 N–H and O–H groups in total. The van der Waals surface area contributed by atoms with Crippen molar-refractivity contribution in [2.24, 2.45) is 0 Å². The number of rotatable bonds is 15. The Bertz CT molecular complexity index is 926. The van der Waals surface area contributed by atoms with Crippen LogP contribution in [0.3, 0.4) is 0 Å². The van der Waals surface area contributed by atoms with Gasteiger partial charge in [0.2, 0.25) is 0 Å². The molecule has 1 heterocycles. The Kier molecular flexibility index (Phi) is 14.1. The van der Waals surface area contributed by atoms with Crippen molar-refractivity contribution in [2.45, 2.75) is 84.5 Å². The number of unbranched alkanes of at least 4 members (excludes halogenated alkanes) is 6. The molecule has 0 saturated heterocycles. The van der Waals surface area contributed by atoms with E-state index in [0.717, 1.165) is 12.8 Å². The summed E-state index contributed by atoms with van der Waals surface area (Å²) in [4.78, 5) is 36.1. The predicted octanol–water partition coefficient (Wildman–Crippen LogP) is 6.53. The van der Waals surface area contributed by atoms with E-state index in [-0.39, 0.29) is 17.2 Å². The third-order valence-electron chi connectivity index (χ3n) is 5.50. The number of hydrogen-bond donors (Lipinski definition) is 2. The molecule has 1 unspecified atom stereocenters. The summed E-state index contributed by atoms with van der Waals surface area (Å²) in [5, 5.41) is 12.8. The van der Waals surface area contributed by atoms with E-state index in [1.54, 1.807) is 19.1 Å². The van der Waals surface area contributed by atoms with Gasteiger partial charge in [-0.15, -0.1) is 0 Å². The van der Waals surface area contributed by atoms with Crippen molar-refractivity contribution in [1.82, 2.24) is 5.32 Å². The zero-order chi connectivity index (χ0) is 25.3. The summed E-state index contributed by atoms with van der Waals surface area (Å²) in [5.74, 6) is -0.804. The molecule has 0 aliphatic rings. The van der Waals surface area contributed by atoms with E-state index in [0.29, 0.717) is 24.2 Å². The Balaban J connectivity index is 2.66. The highest BCUT2D eigenvalue weighted by atomic mass is 16.5. The van der Waals surface area contributed by atoms with Crippen LogP contribution in [0.1, 0.15) is 101 Å². The predicted molar refractivity (Wildman–Crippen MR) is 134 cm³/mol. The van der Waals surface area contributed by atoms with E-state index in [9.17, 15) is 19.5 Å². The van der Waals surface area contributed by atoms with E-state index in [1.807, 2.05) is 19.1 Å². The highest BCUT2D eigenvalue weighted by Crippen LogP contribution is 2.26. The second-order valence-corrected chi connectivity index (χ2v) is 8.38. The van der Waals surface area contributed by atoms with Gasteiger partial charge in [0.25, 0.3) is 0 Å². The first kappa shape index (κ1) is 28.9. The topological polar surface area (TPSA) is 106 Å². The number of nitrogens with one attached hydrogen (secondary N) is 1. The molecule has 0 aromatic carbocycles. The minimum atomic E-state index is -0.849. The number of carbonyl (C=O) groups is 2. The molecule has 7 heteroatoms. The third kappa shape index (κ3) is 10.7. The molecule has 1 amide bonds. The average Bonchev–Trinajstić information content (AvgIpc) is 2.81. The normalized spacial score (nSPS) is 12.9. The van der Waals surface area contributed by atoms with Gasteiger partial charge in [-0.3, -0.25) is 10.1 Å². The first-order valence-corrected chi connectivity index (χ1v) is 12.1. The lowest BCUT2D eigenvalue weighted by molar-refractivity contribution is 0.102. The number of Topliss-reactive ketones (excluding diaryl/α,β-unsaturated/α-hetero) is 1. The number of alkyl carbamates (subject to hydrolysis) is 1. The zero-order valence-corrected chi connectivity index (χ0v) is 20.9. The molecule has 1 rings (SSSR count). The lowest BCUT2D eigenvalue weighted by Crippen LogP contribution is -2.16. The van der Waals surface area contributed by atoms with E-state index in [1.165, 1.54) is 51.5 Å². The zero-order valence-electron chi connectivity index (χ0n) is 20.9. The molecule has 0 aliphatic heterocycles. The van der Waals surface area contributed by atoms with Crippen molar-refractivity contribution in [2.75, 3.05) is 7.11 Å². The van der Waals surface area contributed by atoms with Crippen molar-refractivity contribution in [3.05, 3.63) is 63.9 Å². The molecule has 7 nitrogen and oxygen atoms in total. The molecule has 1 atom stereocenters. The van der Waals surface area contributed by atoms with E-state index in [2.05, 4.69) is 17.0 Å². The van der Waals surface area contributed by atoms with Gasteiger partial charge in [0.05, 0.1) is 7.11 Å². The van der Waals surface area contributed by atoms with Gasteiger partial charge in [0.15, 0.2) is 5.78 Å². The van der Waals surface area contributed by atoms with Gasteiger partial charge in [-0.2, -0.15) is 0 Å². The summed E-state index contributed by atoms with van der Waals surface area (Å²) in [6, 6.07) is 1.33. The van der Waals surface area contributed by atoms with Gasteiger partial charge >= 0.3 is 11.7 Å². The molecule has 0 bridgehead atoms. The van der Waals surface area contributed by atoms with Crippen LogP contribution in [0.2, 0.25) is 0 Å². The van der Waals surface area contributed by atoms with Crippen LogP contribution in [0.25, 0.3) is 0 Å². The number of ether oxygens (including phenoxy) is 1. The van der Waals surface area contributed by atoms with E-state index in [4.69, 9.17) is 4.42 Å². The van der Waals surface area contributed by atoms with Crippen molar-refractivity contribution < 1.29 is 23.8 Å². The molecule has 34 heavy (non-hydrogen) atoms.